The third-order valence-electron chi connectivity index (χ3n) is 3.03. The van der Waals surface area contributed by atoms with E-state index in [4.69, 9.17) is 4.74 Å². The molecule has 0 unspecified atom stereocenters. The second-order valence-corrected chi connectivity index (χ2v) is 7.66. The molecule has 0 fully saturated rings. The van der Waals surface area contributed by atoms with Crippen LogP contribution in [0.1, 0.15) is 24.3 Å². The number of rotatable bonds is 6. The van der Waals surface area contributed by atoms with Crippen LogP contribution >= 0.6 is 15.9 Å². The van der Waals surface area contributed by atoms with Crippen molar-refractivity contribution in [1.29, 1.82) is 0 Å². The fourth-order valence-electron chi connectivity index (χ4n) is 1.82. The molecule has 0 radical (unpaired) electrons. The number of para-hydroxylation sites is 2. The highest BCUT2D eigenvalue weighted by Gasteiger charge is 2.21. The summed E-state index contributed by atoms with van der Waals surface area (Å²) in [5.74, 6) is -0.202. The van der Waals surface area contributed by atoms with Gasteiger partial charge in [-0.1, -0.05) is 19.1 Å². The highest BCUT2D eigenvalue weighted by Crippen LogP contribution is 2.25. The van der Waals surface area contributed by atoms with Gasteiger partial charge in [-0.05, 0) is 35.0 Å². The van der Waals surface area contributed by atoms with Gasteiger partial charge in [-0.3, -0.25) is 4.79 Å². The van der Waals surface area contributed by atoms with Crippen molar-refractivity contribution in [3.63, 3.8) is 0 Å². The second-order valence-electron chi connectivity index (χ2n) is 4.64. The Morgan fingerprint density at radius 2 is 2.00 bits per heavy atom. The van der Waals surface area contributed by atoms with Crippen LogP contribution in [-0.2, 0) is 9.84 Å². The SMILES string of the molecule is CCOc1ccccc1NC(=O)c1nc(S(=O)(=O)CC)ncc1Br. The summed E-state index contributed by atoms with van der Waals surface area (Å²) in [6.07, 6.45) is 1.25. The highest BCUT2D eigenvalue weighted by atomic mass is 79.9. The predicted octanol–water partition coefficient (Wildman–Crippen LogP) is 2.68. The summed E-state index contributed by atoms with van der Waals surface area (Å²) in [6, 6.07) is 6.94. The molecule has 128 valence electrons. The molecular formula is C15H16BrN3O4S. The van der Waals surface area contributed by atoms with E-state index in [9.17, 15) is 13.2 Å². The van der Waals surface area contributed by atoms with Crippen molar-refractivity contribution in [2.24, 2.45) is 0 Å². The predicted molar refractivity (Wildman–Crippen MR) is 93.0 cm³/mol. The van der Waals surface area contributed by atoms with E-state index in [2.05, 4.69) is 31.2 Å². The van der Waals surface area contributed by atoms with Gasteiger partial charge in [-0.15, -0.1) is 0 Å². The van der Waals surface area contributed by atoms with Crippen LogP contribution in [0.3, 0.4) is 0 Å². The van der Waals surface area contributed by atoms with Crippen LogP contribution in [0.5, 0.6) is 5.75 Å². The number of anilines is 1. The first kappa shape index (κ1) is 18.3. The van der Waals surface area contributed by atoms with Crippen molar-refractivity contribution in [3.8, 4) is 5.75 Å². The van der Waals surface area contributed by atoms with Crippen molar-refractivity contribution in [2.45, 2.75) is 19.0 Å². The quantitative estimate of drug-likeness (QED) is 0.730. The van der Waals surface area contributed by atoms with E-state index in [0.717, 1.165) is 0 Å². The summed E-state index contributed by atoms with van der Waals surface area (Å²) in [7, 11) is -3.61. The number of ether oxygens (including phenoxy) is 1. The lowest BCUT2D eigenvalue weighted by Gasteiger charge is -2.11. The lowest BCUT2D eigenvalue weighted by atomic mass is 10.2. The van der Waals surface area contributed by atoms with Gasteiger partial charge in [-0.25, -0.2) is 18.4 Å². The smallest absolute Gasteiger partial charge is 0.275 e. The van der Waals surface area contributed by atoms with E-state index in [1.54, 1.807) is 24.3 Å². The Labute approximate surface area is 148 Å². The molecule has 0 aliphatic rings. The summed E-state index contributed by atoms with van der Waals surface area (Å²) in [4.78, 5) is 20.1. The van der Waals surface area contributed by atoms with E-state index in [1.807, 2.05) is 6.92 Å². The molecule has 7 nitrogen and oxygen atoms in total. The number of nitrogens with zero attached hydrogens (tertiary/aromatic N) is 2. The number of carbonyl (C=O) groups is 1. The number of amides is 1. The Balaban J connectivity index is 2.36. The third-order valence-corrected chi connectivity index (χ3v) is 5.12. The Hall–Kier alpha value is -2.00. The number of halogens is 1. The minimum absolute atomic E-state index is 0.0664. The molecule has 1 amide bonds. The van der Waals surface area contributed by atoms with Gasteiger partial charge in [0.2, 0.25) is 15.0 Å². The maximum absolute atomic E-state index is 12.5. The van der Waals surface area contributed by atoms with Gasteiger partial charge in [0, 0.05) is 6.20 Å². The molecule has 0 aliphatic heterocycles. The Kier molecular flexibility index (Phi) is 5.89. The summed E-state index contributed by atoms with van der Waals surface area (Å²) in [6.45, 7) is 3.77. The molecule has 1 heterocycles. The van der Waals surface area contributed by atoms with Gasteiger partial charge >= 0.3 is 0 Å². The normalized spacial score (nSPS) is 11.1. The first-order valence-electron chi connectivity index (χ1n) is 7.17. The topological polar surface area (TPSA) is 98.2 Å². The van der Waals surface area contributed by atoms with Crippen molar-refractivity contribution in [2.75, 3.05) is 17.7 Å². The Morgan fingerprint density at radius 3 is 2.67 bits per heavy atom. The van der Waals surface area contributed by atoms with Crippen molar-refractivity contribution < 1.29 is 17.9 Å². The lowest BCUT2D eigenvalue weighted by Crippen LogP contribution is -2.18. The van der Waals surface area contributed by atoms with Crippen LogP contribution in [0.2, 0.25) is 0 Å². The summed E-state index contributed by atoms with van der Waals surface area (Å²) in [5.41, 5.74) is 0.401. The van der Waals surface area contributed by atoms with Crippen molar-refractivity contribution >= 4 is 37.4 Å². The lowest BCUT2D eigenvalue weighted by molar-refractivity contribution is 0.102. The summed E-state index contributed by atoms with van der Waals surface area (Å²) in [5, 5.41) is 2.29. The Morgan fingerprint density at radius 1 is 1.29 bits per heavy atom. The van der Waals surface area contributed by atoms with Crippen LogP contribution in [0.25, 0.3) is 0 Å². The standard InChI is InChI=1S/C15H16BrN3O4S/c1-3-23-12-8-6-5-7-11(12)18-14(20)13-10(16)9-17-15(19-13)24(21,22)4-2/h5-9H,3-4H2,1-2H3,(H,18,20). The molecule has 2 aromatic rings. The van der Waals surface area contributed by atoms with Crippen LogP contribution in [-0.4, -0.2) is 36.7 Å². The first-order valence-corrected chi connectivity index (χ1v) is 9.62. The van der Waals surface area contributed by atoms with E-state index in [0.29, 0.717) is 22.5 Å². The number of benzene rings is 1. The zero-order chi connectivity index (χ0) is 17.7. The number of aromatic nitrogens is 2. The molecule has 0 aliphatic carbocycles. The van der Waals surface area contributed by atoms with Crippen LogP contribution < -0.4 is 10.1 Å². The van der Waals surface area contributed by atoms with Crippen LogP contribution in [0.4, 0.5) is 5.69 Å². The largest absolute Gasteiger partial charge is 0.492 e. The highest BCUT2D eigenvalue weighted by molar-refractivity contribution is 9.10. The zero-order valence-electron chi connectivity index (χ0n) is 13.1. The molecule has 1 aromatic carbocycles. The van der Waals surface area contributed by atoms with E-state index in [-0.39, 0.29) is 16.6 Å². The maximum atomic E-state index is 12.5. The molecule has 0 saturated carbocycles. The van der Waals surface area contributed by atoms with Crippen molar-refractivity contribution in [1.82, 2.24) is 9.97 Å². The molecule has 1 aromatic heterocycles. The van der Waals surface area contributed by atoms with Crippen LogP contribution in [0.15, 0.2) is 40.1 Å². The number of carbonyl (C=O) groups excluding carboxylic acids is 1. The van der Waals surface area contributed by atoms with Gasteiger partial charge in [0.15, 0.2) is 0 Å². The van der Waals surface area contributed by atoms with E-state index < -0.39 is 15.7 Å². The van der Waals surface area contributed by atoms with E-state index >= 15 is 0 Å². The number of nitrogens with one attached hydrogen (secondary N) is 1. The van der Waals surface area contributed by atoms with E-state index in [1.165, 1.54) is 13.1 Å². The number of hydrogen-bond donors (Lipinski definition) is 1. The average molecular weight is 414 g/mol. The summed E-state index contributed by atoms with van der Waals surface area (Å²) >= 11 is 3.17. The fraction of sp³-hybridized carbons (Fsp3) is 0.267. The fourth-order valence-corrected chi connectivity index (χ4v) is 2.89. The van der Waals surface area contributed by atoms with Crippen molar-refractivity contribution in [3.05, 3.63) is 40.6 Å². The van der Waals surface area contributed by atoms with Crippen LogP contribution in [0, 0.1) is 0 Å². The molecular weight excluding hydrogens is 398 g/mol. The molecule has 2 rings (SSSR count). The average Bonchev–Trinajstić information content (AvgIpc) is 2.57. The molecule has 0 spiro atoms. The zero-order valence-corrected chi connectivity index (χ0v) is 15.5. The van der Waals surface area contributed by atoms with Gasteiger partial charge in [0.1, 0.15) is 11.4 Å². The molecule has 0 bridgehead atoms. The van der Waals surface area contributed by atoms with Gasteiger partial charge in [0.25, 0.3) is 5.91 Å². The molecule has 24 heavy (non-hydrogen) atoms. The maximum Gasteiger partial charge on any atom is 0.275 e. The first-order chi connectivity index (χ1) is 11.4. The minimum atomic E-state index is -3.61. The molecule has 0 saturated heterocycles. The molecule has 0 atom stereocenters. The molecule has 1 N–H and O–H groups in total. The minimum Gasteiger partial charge on any atom is -0.492 e. The Bertz CT molecular complexity index is 856. The monoisotopic (exact) mass is 413 g/mol. The number of sulfone groups is 1. The summed E-state index contributed by atoms with van der Waals surface area (Å²) < 4.78 is 29.5. The third kappa shape index (κ3) is 4.09. The van der Waals surface area contributed by atoms with Gasteiger partial charge in [-0.2, -0.15) is 0 Å². The van der Waals surface area contributed by atoms with Gasteiger partial charge < -0.3 is 10.1 Å². The molecule has 9 heteroatoms. The van der Waals surface area contributed by atoms with Gasteiger partial charge in [0.05, 0.1) is 22.5 Å². The number of hydrogen-bond acceptors (Lipinski definition) is 6. The second kappa shape index (κ2) is 7.71.